The number of hydrogen-bond donors (Lipinski definition) is 3. The Kier molecular flexibility index (Phi) is 5.43. The molecule has 11 heteroatoms. The van der Waals surface area contributed by atoms with Gasteiger partial charge in [0.15, 0.2) is 0 Å². The summed E-state index contributed by atoms with van der Waals surface area (Å²) in [6, 6.07) is 7.82. The Morgan fingerprint density at radius 3 is 2.50 bits per heavy atom. The molecule has 3 N–H and O–H groups in total. The van der Waals surface area contributed by atoms with E-state index in [4.69, 9.17) is 0 Å². The Morgan fingerprint density at radius 2 is 1.88 bits per heavy atom. The van der Waals surface area contributed by atoms with Gasteiger partial charge in [-0.2, -0.15) is 5.10 Å². The summed E-state index contributed by atoms with van der Waals surface area (Å²) >= 11 is 0. The van der Waals surface area contributed by atoms with E-state index in [0.717, 1.165) is 17.8 Å². The van der Waals surface area contributed by atoms with Gasteiger partial charge < -0.3 is 10.4 Å². The number of aromatic hydroxyl groups is 1. The summed E-state index contributed by atoms with van der Waals surface area (Å²) in [6.45, 7) is 1.79. The second kappa shape index (κ2) is 7.70. The van der Waals surface area contributed by atoms with Crippen molar-refractivity contribution >= 4 is 29.3 Å². The van der Waals surface area contributed by atoms with Crippen LogP contribution >= 0.6 is 0 Å². The summed E-state index contributed by atoms with van der Waals surface area (Å²) in [5.41, 5.74) is 1.74. The number of nitro benzene ring substituents is 2. The molecule has 0 saturated heterocycles. The van der Waals surface area contributed by atoms with Crippen molar-refractivity contribution in [1.29, 1.82) is 0 Å². The number of phenolic OH excluding ortho intramolecular Hbond substituents is 1. The fourth-order valence-corrected chi connectivity index (χ4v) is 1.99. The maximum Gasteiger partial charge on any atom is 0.339 e. The molecule has 2 aromatic rings. The van der Waals surface area contributed by atoms with E-state index in [1.807, 2.05) is 0 Å². The van der Waals surface area contributed by atoms with Gasteiger partial charge in [-0.05, 0) is 18.6 Å². The molecule has 2 rings (SSSR count). The number of aryl methyl sites for hydroxylation is 1. The van der Waals surface area contributed by atoms with Crippen LogP contribution < -0.4 is 10.7 Å². The van der Waals surface area contributed by atoms with Crippen LogP contribution in [-0.2, 0) is 0 Å². The lowest BCUT2D eigenvalue weighted by atomic mass is 10.1. The van der Waals surface area contributed by atoms with Crippen LogP contribution in [-0.4, -0.2) is 27.2 Å². The van der Waals surface area contributed by atoms with Crippen molar-refractivity contribution in [3.8, 4) is 5.75 Å². The number of rotatable bonds is 5. The maximum atomic E-state index is 11.8. The Hall–Kier alpha value is -4.02. The van der Waals surface area contributed by atoms with E-state index in [0.29, 0.717) is 11.8 Å². The highest BCUT2D eigenvalue weighted by Gasteiger charge is 2.23. The van der Waals surface area contributed by atoms with Gasteiger partial charge in [0, 0.05) is 11.8 Å². The number of amides is 2. The smallest absolute Gasteiger partial charge is 0.339 e. The zero-order chi connectivity index (χ0) is 19.3. The van der Waals surface area contributed by atoms with Crippen molar-refractivity contribution in [3.05, 3.63) is 67.8 Å². The van der Waals surface area contributed by atoms with Gasteiger partial charge in [0.05, 0.1) is 27.7 Å². The lowest BCUT2D eigenvalue weighted by Crippen LogP contribution is -2.24. The number of non-ortho nitro benzene ring substituents is 1. The van der Waals surface area contributed by atoms with Crippen LogP contribution in [0, 0.1) is 27.2 Å². The van der Waals surface area contributed by atoms with Crippen LogP contribution in [0.2, 0.25) is 0 Å². The molecule has 0 fully saturated rings. The van der Waals surface area contributed by atoms with E-state index < -0.39 is 33.0 Å². The summed E-state index contributed by atoms with van der Waals surface area (Å²) in [5.74, 6) is -0.800. The molecule has 26 heavy (non-hydrogen) atoms. The second-order valence-corrected chi connectivity index (χ2v) is 5.06. The van der Waals surface area contributed by atoms with E-state index in [1.165, 1.54) is 0 Å². The standard InChI is InChI=1S/C15H13N5O6/c1-9-4-2-3-5-12(9)17-15(22)18-16-8-10-6-11(19(23)24)7-13(14(10)21)20(25)26/h2-8,21H,1H3,(H2,17,18,22). The lowest BCUT2D eigenvalue weighted by Gasteiger charge is -2.06. The van der Waals surface area contributed by atoms with E-state index >= 15 is 0 Å². The molecule has 0 unspecified atom stereocenters. The van der Waals surface area contributed by atoms with E-state index in [9.17, 15) is 30.1 Å². The lowest BCUT2D eigenvalue weighted by molar-refractivity contribution is -0.394. The summed E-state index contributed by atoms with van der Waals surface area (Å²) in [6.07, 6.45) is 0.868. The fraction of sp³-hybridized carbons (Fsp3) is 0.0667. The number of carbonyl (C=O) groups excluding carboxylic acids is 1. The number of nitrogens with zero attached hydrogens (tertiary/aromatic N) is 3. The first kappa shape index (κ1) is 18.3. The first-order chi connectivity index (χ1) is 12.3. The quantitative estimate of drug-likeness (QED) is 0.422. The van der Waals surface area contributed by atoms with Gasteiger partial charge in [0.2, 0.25) is 5.75 Å². The molecule has 0 bridgehead atoms. The van der Waals surface area contributed by atoms with E-state index in [1.54, 1.807) is 31.2 Å². The molecule has 11 nitrogen and oxygen atoms in total. The molecular weight excluding hydrogens is 346 g/mol. The minimum atomic E-state index is -0.960. The summed E-state index contributed by atoms with van der Waals surface area (Å²) in [4.78, 5) is 31.7. The number of nitro groups is 2. The molecule has 0 aromatic heterocycles. The molecule has 0 spiro atoms. The summed E-state index contributed by atoms with van der Waals surface area (Å²) in [7, 11) is 0. The number of benzene rings is 2. The molecule has 0 atom stereocenters. The van der Waals surface area contributed by atoms with E-state index in [-0.39, 0.29) is 5.56 Å². The Labute approximate surface area is 146 Å². The monoisotopic (exact) mass is 359 g/mol. The number of hydrogen-bond acceptors (Lipinski definition) is 7. The molecule has 0 heterocycles. The van der Waals surface area contributed by atoms with Gasteiger partial charge in [0.25, 0.3) is 5.69 Å². The Balaban J connectivity index is 2.17. The Morgan fingerprint density at radius 1 is 1.19 bits per heavy atom. The maximum absolute atomic E-state index is 11.8. The Bertz CT molecular complexity index is 911. The van der Waals surface area contributed by atoms with Gasteiger partial charge in [-0.15, -0.1) is 0 Å². The number of para-hydroxylation sites is 1. The van der Waals surface area contributed by atoms with Crippen molar-refractivity contribution < 1.29 is 19.7 Å². The molecule has 2 aromatic carbocycles. The highest BCUT2D eigenvalue weighted by molar-refractivity contribution is 5.92. The largest absolute Gasteiger partial charge is 0.502 e. The van der Waals surface area contributed by atoms with E-state index in [2.05, 4.69) is 15.8 Å². The molecular formula is C15H13N5O6. The van der Waals surface area contributed by atoms with Gasteiger partial charge in [-0.3, -0.25) is 20.2 Å². The molecule has 0 aliphatic carbocycles. The number of urea groups is 1. The first-order valence-electron chi connectivity index (χ1n) is 7.11. The minimum absolute atomic E-state index is 0.290. The zero-order valence-corrected chi connectivity index (χ0v) is 13.4. The van der Waals surface area contributed by atoms with Crippen molar-refractivity contribution in [2.45, 2.75) is 6.92 Å². The van der Waals surface area contributed by atoms with Crippen LogP contribution in [0.4, 0.5) is 21.9 Å². The van der Waals surface area contributed by atoms with Gasteiger partial charge >= 0.3 is 11.7 Å². The molecule has 134 valence electrons. The molecule has 2 amide bonds. The average molecular weight is 359 g/mol. The van der Waals surface area contributed by atoms with Gasteiger partial charge in [0.1, 0.15) is 0 Å². The van der Waals surface area contributed by atoms with Crippen molar-refractivity contribution in [2.75, 3.05) is 5.32 Å². The van der Waals surface area contributed by atoms with Crippen LogP contribution in [0.1, 0.15) is 11.1 Å². The highest BCUT2D eigenvalue weighted by Crippen LogP contribution is 2.33. The SMILES string of the molecule is Cc1ccccc1NC(=O)NN=Cc1cc([N+](=O)[O-])cc([N+](=O)[O-])c1O. The van der Waals surface area contributed by atoms with Crippen LogP contribution in [0.15, 0.2) is 41.5 Å². The number of nitrogens with one attached hydrogen (secondary N) is 2. The number of carbonyl (C=O) groups is 1. The van der Waals surface area contributed by atoms with Crippen LogP contribution in [0.3, 0.4) is 0 Å². The van der Waals surface area contributed by atoms with Crippen LogP contribution in [0.25, 0.3) is 0 Å². The molecule has 0 aliphatic heterocycles. The predicted octanol–water partition coefficient (Wildman–Crippen LogP) is 2.67. The fourth-order valence-electron chi connectivity index (χ4n) is 1.99. The van der Waals surface area contributed by atoms with Crippen molar-refractivity contribution in [1.82, 2.24) is 5.43 Å². The third-order valence-corrected chi connectivity index (χ3v) is 3.27. The topological polar surface area (TPSA) is 160 Å². The van der Waals surface area contributed by atoms with Crippen molar-refractivity contribution in [3.63, 3.8) is 0 Å². The molecule has 0 radical (unpaired) electrons. The predicted molar refractivity (Wildman–Crippen MR) is 92.3 cm³/mol. The van der Waals surface area contributed by atoms with Crippen LogP contribution in [0.5, 0.6) is 5.75 Å². The molecule has 0 saturated carbocycles. The second-order valence-electron chi connectivity index (χ2n) is 5.06. The third-order valence-electron chi connectivity index (χ3n) is 3.27. The number of hydrazone groups is 1. The highest BCUT2D eigenvalue weighted by atomic mass is 16.6. The summed E-state index contributed by atoms with van der Waals surface area (Å²) in [5, 5.41) is 37.6. The van der Waals surface area contributed by atoms with Gasteiger partial charge in [-0.1, -0.05) is 18.2 Å². The normalized spacial score (nSPS) is 10.5. The van der Waals surface area contributed by atoms with Crippen molar-refractivity contribution in [2.24, 2.45) is 5.10 Å². The minimum Gasteiger partial charge on any atom is -0.502 e. The molecule has 0 aliphatic rings. The zero-order valence-electron chi connectivity index (χ0n) is 13.4. The first-order valence-corrected chi connectivity index (χ1v) is 7.11. The third kappa shape index (κ3) is 4.29. The number of phenols is 1. The van der Waals surface area contributed by atoms with Gasteiger partial charge in [-0.25, -0.2) is 10.2 Å². The average Bonchev–Trinajstić information content (AvgIpc) is 2.58. The number of anilines is 1. The summed E-state index contributed by atoms with van der Waals surface area (Å²) < 4.78 is 0.